The highest BCUT2D eigenvalue weighted by atomic mass is 19.1. The zero-order valence-electron chi connectivity index (χ0n) is 12.0. The Balaban J connectivity index is 2.10. The molecule has 2 rings (SSSR count). The van der Waals surface area contributed by atoms with Gasteiger partial charge in [0.1, 0.15) is 5.82 Å². The lowest BCUT2D eigenvalue weighted by Crippen LogP contribution is -2.42. The molecule has 3 N–H and O–H groups in total. The van der Waals surface area contributed by atoms with Gasteiger partial charge in [0.05, 0.1) is 5.69 Å². The van der Waals surface area contributed by atoms with Crippen molar-refractivity contribution in [1.29, 1.82) is 0 Å². The summed E-state index contributed by atoms with van der Waals surface area (Å²) in [6.07, 6.45) is 0. The van der Waals surface area contributed by atoms with Crippen molar-refractivity contribution in [3.05, 3.63) is 59.9 Å². The Morgan fingerprint density at radius 3 is 2.45 bits per heavy atom. The van der Waals surface area contributed by atoms with E-state index in [1.165, 1.54) is 19.1 Å². The van der Waals surface area contributed by atoms with E-state index in [2.05, 4.69) is 5.32 Å². The molecule has 6 heteroatoms. The zero-order chi connectivity index (χ0) is 16.1. The average molecular weight is 301 g/mol. The van der Waals surface area contributed by atoms with Crippen molar-refractivity contribution in [3.8, 4) is 0 Å². The molecule has 0 atom stereocenters. The highest BCUT2D eigenvalue weighted by molar-refractivity contribution is 6.13. The van der Waals surface area contributed by atoms with Crippen LogP contribution < -0.4 is 16.0 Å². The van der Waals surface area contributed by atoms with Crippen molar-refractivity contribution in [1.82, 2.24) is 5.32 Å². The van der Waals surface area contributed by atoms with Crippen molar-refractivity contribution in [2.75, 3.05) is 10.6 Å². The third-order valence-corrected chi connectivity index (χ3v) is 3.00. The maximum atomic E-state index is 13.1. The molecule has 0 aliphatic heterocycles. The summed E-state index contributed by atoms with van der Waals surface area (Å²) in [6.45, 7) is 1.41. The largest absolute Gasteiger partial charge is 0.399 e. The van der Waals surface area contributed by atoms with Crippen LogP contribution in [0.25, 0.3) is 0 Å². The first-order valence-corrected chi connectivity index (χ1v) is 6.66. The molecular formula is C16H16FN3O2. The van der Waals surface area contributed by atoms with Crippen LogP contribution >= 0.6 is 0 Å². The highest BCUT2D eigenvalue weighted by Gasteiger charge is 2.19. The smallest absolute Gasteiger partial charge is 0.329 e. The minimum atomic E-state index is -0.582. The first-order chi connectivity index (χ1) is 10.5. The number of anilines is 2. The summed E-state index contributed by atoms with van der Waals surface area (Å²) in [5, 5.41) is 2.59. The number of carbonyl (C=O) groups excluding carboxylic acids is 2. The third-order valence-electron chi connectivity index (χ3n) is 3.00. The number of urea groups is 1. The molecule has 0 saturated heterocycles. The molecule has 2 aromatic rings. The number of rotatable bonds is 3. The van der Waals surface area contributed by atoms with Crippen LogP contribution in [0.1, 0.15) is 12.5 Å². The van der Waals surface area contributed by atoms with Crippen molar-refractivity contribution >= 4 is 23.3 Å². The minimum Gasteiger partial charge on any atom is -0.399 e. The second-order valence-electron chi connectivity index (χ2n) is 4.73. The summed E-state index contributed by atoms with van der Waals surface area (Å²) in [6, 6.07) is 11.7. The molecule has 22 heavy (non-hydrogen) atoms. The number of amides is 3. The first-order valence-electron chi connectivity index (χ1n) is 6.66. The van der Waals surface area contributed by atoms with Gasteiger partial charge in [0.2, 0.25) is 5.91 Å². The number of nitrogens with zero attached hydrogens (tertiary/aromatic N) is 1. The van der Waals surface area contributed by atoms with Crippen LogP contribution in [0.5, 0.6) is 0 Å². The quantitative estimate of drug-likeness (QED) is 0.856. The van der Waals surface area contributed by atoms with Crippen LogP contribution in [0.15, 0.2) is 48.5 Å². The van der Waals surface area contributed by atoms with Gasteiger partial charge in [-0.15, -0.1) is 0 Å². The predicted molar refractivity (Wildman–Crippen MR) is 82.7 cm³/mol. The van der Waals surface area contributed by atoms with Crippen molar-refractivity contribution in [2.45, 2.75) is 13.5 Å². The fraction of sp³-hybridized carbons (Fsp3) is 0.125. The van der Waals surface area contributed by atoms with Gasteiger partial charge in [-0.3, -0.25) is 4.79 Å². The van der Waals surface area contributed by atoms with E-state index >= 15 is 0 Å². The Morgan fingerprint density at radius 2 is 1.86 bits per heavy atom. The summed E-state index contributed by atoms with van der Waals surface area (Å²) in [7, 11) is 0. The standard InChI is InChI=1S/C16H16FN3O2/c1-11(21)20(15-7-5-14(18)6-8-15)16(22)19-10-12-3-2-4-13(17)9-12/h2-9H,10,18H2,1H3,(H,19,22). The normalized spacial score (nSPS) is 10.1. The molecule has 5 nitrogen and oxygen atoms in total. The molecule has 0 heterocycles. The lowest BCUT2D eigenvalue weighted by atomic mass is 10.2. The van der Waals surface area contributed by atoms with E-state index in [1.54, 1.807) is 36.4 Å². The number of nitrogens with one attached hydrogen (secondary N) is 1. The van der Waals surface area contributed by atoms with Gasteiger partial charge in [-0.2, -0.15) is 0 Å². The number of halogens is 1. The van der Waals surface area contributed by atoms with E-state index in [1.807, 2.05) is 0 Å². The number of hydrogen-bond donors (Lipinski definition) is 2. The Hall–Kier alpha value is -2.89. The number of nitrogens with two attached hydrogens (primary N) is 1. The molecular weight excluding hydrogens is 285 g/mol. The number of nitrogen functional groups attached to an aromatic ring is 1. The predicted octanol–water partition coefficient (Wildman–Crippen LogP) is 2.67. The first kappa shape index (κ1) is 15.5. The fourth-order valence-electron chi connectivity index (χ4n) is 1.97. The number of carbonyl (C=O) groups is 2. The number of imide groups is 1. The van der Waals surface area contributed by atoms with Crippen LogP contribution in [0, 0.1) is 5.82 Å². The lowest BCUT2D eigenvalue weighted by Gasteiger charge is -2.20. The fourth-order valence-corrected chi connectivity index (χ4v) is 1.97. The van der Waals surface area contributed by atoms with Crippen molar-refractivity contribution in [3.63, 3.8) is 0 Å². The van der Waals surface area contributed by atoms with E-state index in [4.69, 9.17) is 5.73 Å². The Morgan fingerprint density at radius 1 is 1.18 bits per heavy atom. The van der Waals surface area contributed by atoms with Crippen molar-refractivity contribution < 1.29 is 14.0 Å². The van der Waals surface area contributed by atoms with E-state index in [0.717, 1.165) is 4.90 Å². The van der Waals surface area contributed by atoms with E-state index in [-0.39, 0.29) is 12.4 Å². The summed E-state index contributed by atoms with van der Waals surface area (Å²) in [4.78, 5) is 24.9. The average Bonchev–Trinajstić information content (AvgIpc) is 2.47. The molecule has 0 spiro atoms. The monoisotopic (exact) mass is 301 g/mol. The Bertz CT molecular complexity index is 686. The van der Waals surface area contributed by atoms with Gasteiger partial charge in [-0.1, -0.05) is 12.1 Å². The SMILES string of the molecule is CC(=O)N(C(=O)NCc1cccc(F)c1)c1ccc(N)cc1. The minimum absolute atomic E-state index is 0.120. The molecule has 0 aliphatic rings. The number of hydrogen-bond acceptors (Lipinski definition) is 3. The molecule has 0 saturated carbocycles. The van der Waals surface area contributed by atoms with Crippen LogP contribution in [0.4, 0.5) is 20.6 Å². The van der Waals surface area contributed by atoms with Crippen LogP contribution in [-0.2, 0) is 11.3 Å². The molecule has 3 amide bonds. The molecule has 0 radical (unpaired) electrons. The maximum Gasteiger partial charge on any atom is 0.329 e. The topological polar surface area (TPSA) is 75.4 Å². The Kier molecular flexibility index (Phi) is 4.73. The van der Waals surface area contributed by atoms with Gasteiger partial charge in [-0.05, 0) is 42.0 Å². The van der Waals surface area contributed by atoms with Gasteiger partial charge in [0.15, 0.2) is 0 Å². The van der Waals surface area contributed by atoms with Gasteiger partial charge in [0, 0.05) is 19.2 Å². The van der Waals surface area contributed by atoms with Gasteiger partial charge < -0.3 is 11.1 Å². The van der Waals surface area contributed by atoms with Crippen LogP contribution in [0.2, 0.25) is 0 Å². The zero-order valence-corrected chi connectivity index (χ0v) is 12.0. The Labute approximate surface area is 127 Å². The molecule has 0 bridgehead atoms. The molecule has 0 fully saturated rings. The maximum absolute atomic E-state index is 13.1. The van der Waals surface area contributed by atoms with E-state index in [0.29, 0.717) is 16.9 Å². The van der Waals surface area contributed by atoms with Gasteiger partial charge in [-0.25, -0.2) is 14.1 Å². The van der Waals surface area contributed by atoms with Gasteiger partial charge >= 0.3 is 6.03 Å². The molecule has 2 aromatic carbocycles. The van der Waals surface area contributed by atoms with Crippen LogP contribution in [0.3, 0.4) is 0 Å². The van der Waals surface area contributed by atoms with Crippen molar-refractivity contribution in [2.24, 2.45) is 0 Å². The summed E-state index contributed by atoms with van der Waals surface area (Å²) in [5.41, 5.74) is 7.14. The number of benzene rings is 2. The molecule has 0 unspecified atom stereocenters. The molecule has 114 valence electrons. The van der Waals surface area contributed by atoms with Crippen LogP contribution in [-0.4, -0.2) is 11.9 Å². The lowest BCUT2D eigenvalue weighted by molar-refractivity contribution is -0.115. The summed E-state index contributed by atoms with van der Waals surface area (Å²) in [5.74, 6) is -0.810. The van der Waals surface area contributed by atoms with E-state index < -0.39 is 11.9 Å². The van der Waals surface area contributed by atoms with E-state index in [9.17, 15) is 14.0 Å². The molecule has 0 aromatic heterocycles. The molecule has 0 aliphatic carbocycles. The van der Waals surface area contributed by atoms with Gasteiger partial charge in [0.25, 0.3) is 0 Å². The second-order valence-corrected chi connectivity index (χ2v) is 4.73. The third kappa shape index (κ3) is 3.82. The summed E-state index contributed by atoms with van der Waals surface area (Å²) < 4.78 is 13.1. The second kappa shape index (κ2) is 6.71. The highest BCUT2D eigenvalue weighted by Crippen LogP contribution is 2.17. The summed E-state index contributed by atoms with van der Waals surface area (Å²) >= 11 is 0.